The second-order valence-corrected chi connectivity index (χ2v) is 6.34. The fraction of sp³-hybridized carbons (Fsp3) is 0.316. The molecule has 0 bridgehead atoms. The number of hydrogen-bond donors (Lipinski definition) is 0. The number of halogens is 1. The smallest absolute Gasteiger partial charge is 0.231 e. The molecule has 4 rings (SSSR count). The Morgan fingerprint density at radius 1 is 1.12 bits per heavy atom. The van der Waals surface area contributed by atoms with E-state index in [4.69, 9.17) is 14.2 Å². The molecule has 0 unspecified atom stereocenters. The van der Waals surface area contributed by atoms with E-state index < -0.39 is 0 Å². The van der Waals surface area contributed by atoms with Crippen molar-refractivity contribution < 1.29 is 18.6 Å². The van der Waals surface area contributed by atoms with E-state index in [0.29, 0.717) is 17.1 Å². The molecule has 4 nitrogen and oxygen atoms in total. The average molecular weight is 357 g/mol. The van der Waals surface area contributed by atoms with Gasteiger partial charge in [0.1, 0.15) is 5.82 Å². The largest absolute Gasteiger partial charge is 0.454 e. The highest BCUT2D eigenvalue weighted by Gasteiger charge is 2.29. The molecule has 1 aliphatic heterocycles. The van der Waals surface area contributed by atoms with Crippen molar-refractivity contribution >= 4 is 17.4 Å². The van der Waals surface area contributed by atoms with Crippen molar-refractivity contribution in [1.29, 1.82) is 0 Å². The summed E-state index contributed by atoms with van der Waals surface area (Å²) in [6, 6.07) is 11.0. The molecule has 1 heterocycles. The molecule has 2 aliphatic rings. The Morgan fingerprint density at radius 2 is 1.88 bits per heavy atom. The van der Waals surface area contributed by atoms with Gasteiger partial charge in [-0.1, -0.05) is 18.2 Å². The van der Waals surface area contributed by atoms with E-state index in [-0.39, 0.29) is 31.4 Å². The van der Waals surface area contributed by atoms with Crippen molar-refractivity contribution in [2.75, 3.05) is 6.79 Å². The molecule has 1 fully saturated rings. The van der Waals surface area contributed by atoms with Gasteiger partial charge < -0.3 is 14.2 Å². The minimum atomic E-state index is -0.275. The lowest BCUT2D eigenvalue weighted by Gasteiger charge is -2.31. The standard InChI is InChI=1S/C19H16FNO3S/c20-17-5-12(13-3-4-18-19(6-13)24-11-23-18)1-2-14(17)9-22-16-7-15(8-16)21-10-25/h1-6,15-16H,7-9,11H2. The first kappa shape index (κ1) is 16.2. The topological polar surface area (TPSA) is 40.0 Å². The monoisotopic (exact) mass is 357 g/mol. The number of hydrogen-bond acceptors (Lipinski definition) is 5. The first-order valence-corrected chi connectivity index (χ1v) is 8.51. The number of thiocarbonyl (C=S) groups is 1. The third kappa shape index (κ3) is 3.42. The van der Waals surface area contributed by atoms with Gasteiger partial charge in [-0.25, -0.2) is 9.38 Å². The molecule has 1 aliphatic carbocycles. The SMILES string of the molecule is Fc1cc(-c2ccc3c(c2)OCO3)ccc1COC1CC(N=C=S)C1. The van der Waals surface area contributed by atoms with Crippen LogP contribution in [0.25, 0.3) is 11.1 Å². The zero-order valence-electron chi connectivity index (χ0n) is 13.4. The number of benzene rings is 2. The highest BCUT2D eigenvalue weighted by Crippen LogP contribution is 2.36. The van der Waals surface area contributed by atoms with Gasteiger partial charge in [-0.2, -0.15) is 0 Å². The molecule has 128 valence electrons. The van der Waals surface area contributed by atoms with Crippen LogP contribution >= 0.6 is 12.2 Å². The molecule has 0 saturated heterocycles. The first-order valence-electron chi connectivity index (χ1n) is 8.10. The van der Waals surface area contributed by atoms with Crippen LogP contribution in [0.4, 0.5) is 4.39 Å². The van der Waals surface area contributed by atoms with E-state index in [0.717, 1.165) is 24.0 Å². The number of ether oxygens (including phenoxy) is 3. The highest BCUT2D eigenvalue weighted by atomic mass is 32.1. The van der Waals surface area contributed by atoms with E-state index in [1.54, 1.807) is 6.07 Å². The van der Waals surface area contributed by atoms with E-state index in [1.807, 2.05) is 24.3 Å². The van der Waals surface area contributed by atoms with Crippen LogP contribution in [0, 0.1) is 5.82 Å². The maximum absolute atomic E-state index is 14.4. The molecule has 25 heavy (non-hydrogen) atoms. The molecule has 1 saturated carbocycles. The van der Waals surface area contributed by atoms with Gasteiger partial charge in [0.15, 0.2) is 11.5 Å². The Balaban J connectivity index is 1.42. The van der Waals surface area contributed by atoms with Crippen LogP contribution in [-0.2, 0) is 11.3 Å². The Morgan fingerprint density at radius 3 is 2.68 bits per heavy atom. The minimum Gasteiger partial charge on any atom is -0.454 e. The highest BCUT2D eigenvalue weighted by molar-refractivity contribution is 7.78. The molecule has 2 aromatic rings. The Bertz CT molecular complexity index is 845. The van der Waals surface area contributed by atoms with Crippen LogP contribution in [0.3, 0.4) is 0 Å². The molecular weight excluding hydrogens is 341 g/mol. The molecule has 0 aromatic heterocycles. The Labute approximate surface area is 150 Å². The quantitative estimate of drug-likeness (QED) is 0.588. The van der Waals surface area contributed by atoms with Crippen LogP contribution in [-0.4, -0.2) is 24.1 Å². The summed E-state index contributed by atoms with van der Waals surface area (Å²) in [4.78, 5) is 4.01. The fourth-order valence-electron chi connectivity index (χ4n) is 2.98. The summed E-state index contributed by atoms with van der Waals surface area (Å²) in [6.07, 6.45) is 1.76. The van der Waals surface area contributed by atoms with E-state index in [1.165, 1.54) is 6.07 Å². The molecule has 0 amide bonds. The van der Waals surface area contributed by atoms with Gasteiger partial charge in [-0.05, 0) is 54.4 Å². The zero-order chi connectivity index (χ0) is 17.2. The van der Waals surface area contributed by atoms with Crippen molar-refractivity contribution in [1.82, 2.24) is 0 Å². The Hall–Kier alpha value is -2.27. The molecule has 0 atom stereocenters. The van der Waals surface area contributed by atoms with Gasteiger partial charge >= 0.3 is 0 Å². The van der Waals surface area contributed by atoms with Crippen molar-refractivity contribution in [2.24, 2.45) is 4.99 Å². The number of isothiocyanates is 1. The molecule has 0 N–H and O–H groups in total. The number of fused-ring (bicyclic) bond motifs is 1. The molecule has 2 aromatic carbocycles. The summed E-state index contributed by atoms with van der Waals surface area (Å²) in [5.74, 6) is 1.12. The lowest BCUT2D eigenvalue weighted by molar-refractivity contribution is -0.0192. The van der Waals surface area contributed by atoms with E-state index >= 15 is 0 Å². The maximum Gasteiger partial charge on any atom is 0.231 e. The van der Waals surface area contributed by atoms with Crippen LogP contribution in [0.15, 0.2) is 41.4 Å². The lowest BCUT2D eigenvalue weighted by atomic mass is 9.90. The first-order chi connectivity index (χ1) is 12.2. The molecule has 0 spiro atoms. The zero-order valence-corrected chi connectivity index (χ0v) is 14.2. The van der Waals surface area contributed by atoms with Gasteiger partial charge in [0.2, 0.25) is 6.79 Å². The predicted molar refractivity (Wildman–Crippen MR) is 94.6 cm³/mol. The lowest BCUT2D eigenvalue weighted by Crippen LogP contribution is -2.34. The second kappa shape index (κ2) is 6.92. The number of aliphatic imine (C=N–C) groups is 1. The molecule has 6 heteroatoms. The number of rotatable bonds is 5. The summed E-state index contributed by atoms with van der Waals surface area (Å²) >= 11 is 4.58. The summed E-state index contributed by atoms with van der Waals surface area (Å²) in [5.41, 5.74) is 2.22. The van der Waals surface area contributed by atoms with Crippen LogP contribution in [0.2, 0.25) is 0 Å². The van der Waals surface area contributed by atoms with Gasteiger partial charge in [0.25, 0.3) is 0 Å². The van der Waals surface area contributed by atoms with Crippen molar-refractivity contribution in [3.05, 3.63) is 47.8 Å². The van der Waals surface area contributed by atoms with Crippen molar-refractivity contribution in [3.8, 4) is 22.6 Å². The average Bonchev–Trinajstić information content (AvgIpc) is 3.05. The third-order valence-corrected chi connectivity index (χ3v) is 4.64. The van der Waals surface area contributed by atoms with Gasteiger partial charge in [0.05, 0.1) is 23.9 Å². The summed E-state index contributed by atoms with van der Waals surface area (Å²) in [5, 5.41) is 2.39. The summed E-state index contributed by atoms with van der Waals surface area (Å²) in [7, 11) is 0. The van der Waals surface area contributed by atoms with Gasteiger partial charge in [-0.3, -0.25) is 0 Å². The fourth-order valence-corrected chi connectivity index (χ4v) is 3.13. The minimum absolute atomic E-state index is 0.116. The van der Waals surface area contributed by atoms with Crippen LogP contribution in [0.1, 0.15) is 18.4 Å². The number of nitrogens with zero attached hydrogens (tertiary/aromatic N) is 1. The normalized spacial score (nSPS) is 20.7. The van der Waals surface area contributed by atoms with Gasteiger partial charge in [0, 0.05) is 5.56 Å². The van der Waals surface area contributed by atoms with Crippen molar-refractivity contribution in [2.45, 2.75) is 31.6 Å². The van der Waals surface area contributed by atoms with E-state index in [9.17, 15) is 4.39 Å². The summed E-state index contributed by atoms with van der Waals surface area (Å²) < 4.78 is 30.8. The second-order valence-electron chi connectivity index (χ2n) is 6.15. The van der Waals surface area contributed by atoms with Gasteiger partial charge in [-0.15, -0.1) is 0 Å². The van der Waals surface area contributed by atoms with Crippen LogP contribution < -0.4 is 9.47 Å². The molecule has 0 radical (unpaired) electrons. The molecular formula is C19H16FNO3S. The van der Waals surface area contributed by atoms with Crippen LogP contribution in [0.5, 0.6) is 11.5 Å². The maximum atomic E-state index is 14.4. The Kier molecular flexibility index (Phi) is 4.49. The third-order valence-electron chi connectivity index (χ3n) is 4.54. The predicted octanol–water partition coefficient (Wildman–Crippen LogP) is 4.37. The van der Waals surface area contributed by atoms with Crippen molar-refractivity contribution in [3.63, 3.8) is 0 Å². The van der Waals surface area contributed by atoms with E-state index in [2.05, 4.69) is 22.4 Å². The summed E-state index contributed by atoms with van der Waals surface area (Å²) in [6.45, 7) is 0.479.